The van der Waals surface area contributed by atoms with Crippen molar-refractivity contribution in [3.63, 3.8) is 0 Å². The molecule has 2 fully saturated rings. The minimum atomic E-state index is 0.228. The lowest BCUT2D eigenvalue weighted by molar-refractivity contribution is -0.138. The van der Waals surface area contributed by atoms with Crippen molar-refractivity contribution in [2.75, 3.05) is 0 Å². The molecular formula is C25H32N4OS. The quantitative estimate of drug-likeness (QED) is 0.496. The average molecular weight is 437 g/mol. The second-order valence-corrected chi connectivity index (χ2v) is 10.1. The molecule has 2 aliphatic rings. The lowest BCUT2D eigenvalue weighted by atomic mass is 9.88. The number of aryl methyl sites for hydroxylation is 1. The summed E-state index contributed by atoms with van der Waals surface area (Å²) in [6, 6.07) is 7.08. The fourth-order valence-corrected chi connectivity index (χ4v) is 6.42. The van der Waals surface area contributed by atoms with Gasteiger partial charge in [-0.2, -0.15) is 5.10 Å². The van der Waals surface area contributed by atoms with Gasteiger partial charge in [0.1, 0.15) is 6.54 Å². The summed E-state index contributed by atoms with van der Waals surface area (Å²) in [6.45, 7) is 2.32. The third kappa shape index (κ3) is 4.14. The van der Waals surface area contributed by atoms with Gasteiger partial charge in [0.25, 0.3) is 0 Å². The molecule has 5 rings (SSSR count). The van der Waals surface area contributed by atoms with Crippen molar-refractivity contribution < 1.29 is 4.79 Å². The number of pyridine rings is 1. The van der Waals surface area contributed by atoms with E-state index in [-0.39, 0.29) is 12.5 Å². The highest BCUT2D eigenvalue weighted by molar-refractivity contribution is 7.13. The first kappa shape index (κ1) is 20.7. The van der Waals surface area contributed by atoms with Gasteiger partial charge < -0.3 is 4.90 Å². The van der Waals surface area contributed by atoms with Gasteiger partial charge in [0.2, 0.25) is 5.91 Å². The van der Waals surface area contributed by atoms with Crippen LogP contribution in [0.3, 0.4) is 0 Å². The van der Waals surface area contributed by atoms with Crippen LogP contribution in [0.15, 0.2) is 29.8 Å². The van der Waals surface area contributed by atoms with E-state index in [2.05, 4.69) is 33.5 Å². The van der Waals surface area contributed by atoms with Gasteiger partial charge in [-0.1, -0.05) is 44.6 Å². The third-order valence-corrected chi connectivity index (χ3v) is 8.01. The molecule has 2 saturated carbocycles. The number of nitrogens with zero attached hydrogens (tertiary/aromatic N) is 4. The summed E-state index contributed by atoms with van der Waals surface area (Å²) in [5.41, 5.74) is 2.93. The number of aromatic nitrogens is 3. The number of fused-ring (bicyclic) bond motifs is 1. The van der Waals surface area contributed by atoms with Crippen LogP contribution in [0, 0.1) is 6.92 Å². The third-order valence-electron chi connectivity index (χ3n) is 7.10. The van der Waals surface area contributed by atoms with Crippen molar-refractivity contribution in [1.29, 1.82) is 0 Å². The van der Waals surface area contributed by atoms with Crippen molar-refractivity contribution in [1.82, 2.24) is 19.7 Å². The van der Waals surface area contributed by atoms with E-state index in [1.165, 1.54) is 43.4 Å². The lowest BCUT2D eigenvalue weighted by Gasteiger charge is -2.41. The number of carbonyl (C=O) groups is 1. The lowest BCUT2D eigenvalue weighted by Crippen LogP contribution is -2.50. The van der Waals surface area contributed by atoms with Gasteiger partial charge >= 0.3 is 0 Å². The van der Waals surface area contributed by atoms with E-state index in [1.54, 1.807) is 11.3 Å². The van der Waals surface area contributed by atoms with Gasteiger partial charge in [-0.15, -0.1) is 11.3 Å². The minimum absolute atomic E-state index is 0.228. The molecule has 1 amide bonds. The van der Waals surface area contributed by atoms with E-state index in [0.717, 1.165) is 48.0 Å². The molecule has 0 aliphatic heterocycles. The summed E-state index contributed by atoms with van der Waals surface area (Å²) in [4.78, 5) is 21.9. The fraction of sp³-hybridized carbons (Fsp3) is 0.560. The summed E-state index contributed by atoms with van der Waals surface area (Å²) in [5, 5.41) is 7.95. The smallest absolute Gasteiger partial charge is 0.244 e. The number of hydrogen-bond acceptors (Lipinski definition) is 4. The second-order valence-electron chi connectivity index (χ2n) is 9.16. The van der Waals surface area contributed by atoms with E-state index < -0.39 is 0 Å². The second kappa shape index (κ2) is 9.11. The molecule has 3 aromatic heterocycles. The SMILES string of the molecule is Cc1nn(CC(=O)N(C2CCCCC2)C2CCCCC2)c2nccc(-c3cccs3)c12. The predicted octanol–water partition coefficient (Wildman–Crippen LogP) is 5.96. The Morgan fingerprint density at radius 2 is 1.74 bits per heavy atom. The van der Waals surface area contributed by atoms with Gasteiger partial charge in [0.15, 0.2) is 5.65 Å². The van der Waals surface area contributed by atoms with Gasteiger partial charge in [-0.25, -0.2) is 9.67 Å². The number of thiophene rings is 1. The highest BCUT2D eigenvalue weighted by Gasteiger charge is 2.33. The van der Waals surface area contributed by atoms with Gasteiger partial charge in [-0.05, 0) is 50.1 Å². The van der Waals surface area contributed by atoms with Gasteiger partial charge in [0.05, 0.1) is 11.1 Å². The molecule has 3 heterocycles. The summed E-state index contributed by atoms with van der Waals surface area (Å²) < 4.78 is 1.85. The first-order chi connectivity index (χ1) is 15.2. The van der Waals surface area contributed by atoms with Crippen molar-refractivity contribution >= 4 is 28.3 Å². The molecule has 0 atom stereocenters. The van der Waals surface area contributed by atoms with Crippen LogP contribution < -0.4 is 0 Å². The van der Waals surface area contributed by atoms with Crippen molar-refractivity contribution in [3.8, 4) is 10.4 Å². The maximum Gasteiger partial charge on any atom is 0.244 e. The van der Waals surface area contributed by atoms with Gasteiger partial charge in [0, 0.05) is 28.7 Å². The topological polar surface area (TPSA) is 51.0 Å². The number of amides is 1. The molecule has 0 aromatic carbocycles. The molecule has 0 N–H and O–H groups in total. The van der Waals surface area contributed by atoms with Crippen LogP contribution in [-0.4, -0.2) is 37.7 Å². The Bertz CT molecular complexity index is 1010. The first-order valence-corrected chi connectivity index (χ1v) is 12.8. The molecule has 5 nitrogen and oxygen atoms in total. The first-order valence-electron chi connectivity index (χ1n) is 11.9. The van der Waals surface area contributed by atoms with Crippen LogP contribution >= 0.6 is 11.3 Å². The van der Waals surface area contributed by atoms with Gasteiger partial charge in [-0.3, -0.25) is 4.79 Å². The summed E-state index contributed by atoms with van der Waals surface area (Å²) in [7, 11) is 0. The zero-order valence-electron chi connectivity index (χ0n) is 18.4. The number of rotatable bonds is 5. The molecule has 0 radical (unpaired) electrons. The van der Waals surface area contributed by atoms with Crippen LogP contribution in [0.4, 0.5) is 0 Å². The van der Waals surface area contributed by atoms with Crippen molar-refractivity contribution in [3.05, 3.63) is 35.5 Å². The monoisotopic (exact) mass is 436 g/mol. The summed E-state index contributed by atoms with van der Waals surface area (Å²) in [5.74, 6) is 0.228. The Balaban J connectivity index is 1.46. The van der Waals surface area contributed by atoms with Crippen LogP contribution in [-0.2, 0) is 11.3 Å². The fourth-order valence-electron chi connectivity index (χ4n) is 5.66. The Hall–Kier alpha value is -2.21. The maximum absolute atomic E-state index is 13.7. The molecule has 31 heavy (non-hydrogen) atoms. The normalized spacial score (nSPS) is 18.5. The van der Waals surface area contributed by atoms with Crippen LogP contribution in [0.5, 0.6) is 0 Å². The Morgan fingerprint density at radius 1 is 1.06 bits per heavy atom. The maximum atomic E-state index is 13.7. The minimum Gasteiger partial charge on any atom is -0.335 e. The zero-order chi connectivity index (χ0) is 21.2. The molecule has 6 heteroatoms. The van der Waals surface area contributed by atoms with E-state index in [4.69, 9.17) is 5.10 Å². The molecule has 0 saturated heterocycles. The van der Waals surface area contributed by atoms with Crippen LogP contribution in [0.1, 0.15) is 69.9 Å². The van der Waals surface area contributed by atoms with Crippen molar-refractivity contribution in [2.24, 2.45) is 0 Å². The Morgan fingerprint density at radius 3 is 2.35 bits per heavy atom. The molecule has 2 aliphatic carbocycles. The Kier molecular flexibility index (Phi) is 6.08. The molecule has 0 bridgehead atoms. The highest BCUT2D eigenvalue weighted by atomic mass is 32.1. The Labute approximate surface area is 188 Å². The van der Waals surface area contributed by atoms with E-state index in [0.29, 0.717) is 12.1 Å². The van der Waals surface area contributed by atoms with E-state index in [1.807, 2.05) is 17.8 Å². The van der Waals surface area contributed by atoms with Crippen LogP contribution in [0.2, 0.25) is 0 Å². The predicted molar refractivity (Wildman–Crippen MR) is 126 cm³/mol. The molecule has 164 valence electrons. The summed E-state index contributed by atoms with van der Waals surface area (Å²) in [6.07, 6.45) is 14.1. The average Bonchev–Trinajstić information content (AvgIpc) is 3.44. The van der Waals surface area contributed by atoms with E-state index >= 15 is 0 Å². The zero-order valence-corrected chi connectivity index (χ0v) is 19.2. The largest absolute Gasteiger partial charge is 0.335 e. The standard InChI is InChI=1S/C25H32N4OS/c1-18-24-21(22-13-8-16-31-22)14-15-26-25(24)28(27-18)17-23(30)29(19-9-4-2-5-10-19)20-11-6-3-7-12-20/h8,13-16,19-20H,2-7,9-12,17H2,1H3. The molecule has 3 aromatic rings. The molecule has 0 spiro atoms. The van der Waals surface area contributed by atoms with E-state index in [9.17, 15) is 4.79 Å². The number of hydrogen-bond donors (Lipinski definition) is 0. The molecular weight excluding hydrogens is 404 g/mol. The molecule has 0 unspecified atom stereocenters. The summed E-state index contributed by atoms with van der Waals surface area (Å²) >= 11 is 1.73. The number of carbonyl (C=O) groups excluding carboxylic acids is 1. The van der Waals surface area contributed by atoms with Crippen molar-refractivity contribution in [2.45, 2.75) is 89.8 Å². The van der Waals surface area contributed by atoms with Crippen LogP contribution in [0.25, 0.3) is 21.5 Å². The highest BCUT2D eigenvalue weighted by Crippen LogP contribution is 2.34.